The van der Waals surface area contributed by atoms with Gasteiger partial charge in [0.1, 0.15) is 11.5 Å². The van der Waals surface area contributed by atoms with Gasteiger partial charge in [0.05, 0.1) is 29.4 Å². The van der Waals surface area contributed by atoms with Gasteiger partial charge in [-0.25, -0.2) is 14.2 Å². The number of amides is 3. The first-order valence-electron chi connectivity index (χ1n) is 13.8. The molecule has 1 aliphatic rings. The van der Waals surface area contributed by atoms with Crippen molar-refractivity contribution in [3.8, 4) is 22.4 Å². The maximum Gasteiger partial charge on any atom is 0.410 e. The Kier molecular flexibility index (Phi) is 8.15. The second-order valence-corrected chi connectivity index (χ2v) is 10.4. The normalized spacial score (nSPS) is 14.7. The van der Waals surface area contributed by atoms with Crippen LogP contribution >= 0.6 is 0 Å². The maximum atomic E-state index is 14.5. The number of hydrogen-bond donors (Lipinski definition) is 1. The van der Waals surface area contributed by atoms with E-state index in [0.717, 1.165) is 12.8 Å². The highest BCUT2D eigenvalue weighted by Crippen LogP contribution is 2.34. The van der Waals surface area contributed by atoms with Crippen LogP contribution in [0.3, 0.4) is 0 Å². The molecule has 0 saturated carbocycles. The number of aromatic nitrogens is 2. The predicted molar refractivity (Wildman–Crippen MR) is 157 cm³/mol. The molecule has 0 aliphatic carbocycles. The lowest BCUT2D eigenvalue weighted by Gasteiger charge is -2.29. The molecule has 1 fully saturated rings. The van der Waals surface area contributed by atoms with Gasteiger partial charge in [0.25, 0.3) is 11.8 Å². The Balaban J connectivity index is 1.62. The molecule has 1 saturated heterocycles. The fourth-order valence-corrected chi connectivity index (χ4v) is 5.49. The van der Waals surface area contributed by atoms with Crippen LogP contribution in [0.25, 0.3) is 33.3 Å². The van der Waals surface area contributed by atoms with Gasteiger partial charge in [-0.05, 0) is 74.2 Å². The van der Waals surface area contributed by atoms with Crippen LogP contribution in [0.1, 0.15) is 46.2 Å². The highest BCUT2D eigenvalue weighted by atomic mass is 19.1. The quantitative estimate of drug-likeness (QED) is 0.327. The van der Waals surface area contributed by atoms with Crippen molar-refractivity contribution in [2.45, 2.75) is 32.7 Å². The minimum absolute atomic E-state index is 0.119. The van der Waals surface area contributed by atoms with Crippen molar-refractivity contribution in [1.29, 1.82) is 0 Å². The van der Waals surface area contributed by atoms with Gasteiger partial charge in [0, 0.05) is 42.8 Å². The molecule has 2 aromatic carbocycles. The molecule has 0 bridgehead atoms. The van der Waals surface area contributed by atoms with Crippen LogP contribution in [-0.2, 0) is 4.74 Å². The second kappa shape index (κ2) is 11.9. The van der Waals surface area contributed by atoms with Crippen molar-refractivity contribution in [3.63, 3.8) is 0 Å². The zero-order chi connectivity index (χ0) is 30.0. The SMILES string of the molecule is CCOC(=O)N1CCC[C@H]1CN(C)C(=O)c1c(-c2cc(C)cc(F)c2)cnc2ccc(-c3cccc(C(N)=O)n3)cc12. The van der Waals surface area contributed by atoms with Gasteiger partial charge < -0.3 is 20.3 Å². The summed E-state index contributed by atoms with van der Waals surface area (Å²) in [4.78, 5) is 50.8. The molecule has 9 nitrogen and oxygen atoms in total. The molecule has 3 heterocycles. The fraction of sp³-hybridized carbons (Fsp3) is 0.281. The number of likely N-dealkylation sites (N-methyl/N-ethyl adjacent to an activating group) is 1. The summed E-state index contributed by atoms with van der Waals surface area (Å²) in [7, 11) is 1.69. The van der Waals surface area contributed by atoms with E-state index in [-0.39, 0.29) is 30.3 Å². The Bertz CT molecular complexity index is 1670. The number of primary amides is 1. The Morgan fingerprint density at radius 1 is 1.12 bits per heavy atom. The molecule has 0 radical (unpaired) electrons. The van der Waals surface area contributed by atoms with Crippen molar-refractivity contribution < 1.29 is 23.5 Å². The van der Waals surface area contributed by atoms with E-state index in [1.807, 2.05) is 12.1 Å². The lowest BCUT2D eigenvalue weighted by atomic mass is 9.94. The summed E-state index contributed by atoms with van der Waals surface area (Å²) < 4.78 is 19.8. The van der Waals surface area contributed by atoms with Gasteiger partial charge in [-0.2, -0.15) is 0 Å². The molecular weight excluding hydrogens is 537 g/mol. The van der Waals surface area contributed by atoms with E-state index in [0.29, 0.717) is 57.5 Å². The second-order valence-electron chi connectivity index (χ2n) is 10.4. The maximum absolute atomic E-state index is 14.5. The van der Waals surface area contributed by atoms with Crippen LogP contribution in [-0.4, -0.2) is 70.5 Å². The number of nitrogens with two attached hydrogens (primary N) is 1. The molecule has 5 rings (SSSR count). The topological polar surface area (TPSA) is 119 Å². The van der Waals surface area contributed by atoms with Crippen molar-refractivity contribution in [2.75, 3.05) is 26.7 Å². The molecule has 2 N–H and O–H groups in total. The summed E-state index contributed by atoms with van der Waals surface area (Å²) in [5, 5.41) is 0.545. The molecule has 10 heteroatoms. The molecule has 1 aliphatic heterocycles. The summed E-state index contributed by atoms with van der Waals surface area (Å²) >= 11 is 0. The van der Waals surface area contributed by atoms with E-state index in [2.05, 4.69) is 9.97 Å². The van der Waals surface area contributed by atoms with E-state index in [4.69, 9.17) is 10.5 Å². The average molecular weight is 570 g/mol. The third-order valence-electron chi connectivity index (χ3n) is 7.44. The highest BCUT2D eigenvalue weighted by molar-refractivity contribution is 6.12. The van der Waals surface area contributed by atoms with Crippen LogP contribution < -0.4 is 5.73 Å². The number of pyridine rings is 2. The van der Waals surface area contributed by atoms with Gasteiger partial charge in [0.15, 0.2) is 0 Å². The molecule has 2 aromatic heterocycles. The number of ether oxygens (including phenoxy) is 1. The smallest absolute Gasteiger partial charge is 0.410 e. The number of likely N-dealkylation sites (tertiary alicyclic amines) is 1. The first kappa shape index (κ1) is 28.7. The number of aryl methyl sites for hydroxylation is 1. The molecule has 216 valence electrons. The fourth-order valence-electron chi connectivity index (χ4n) is 5.49. The number of carbonyl (C=O) groups excluding carboxylic acids is 3. The van der Waals surface area contributed by atoms with Gasteiger partial charge in [-0.1, -0.05) is 18.2 Å². The van der Waals surface area contributed by atoms with Gasteiger partial charge in [-0.3, -0.25) is 14.6 Å². The molecule has 3 amide bonds. The van der Waals surface area contributed by atoms with Crippen molar-refractivity contribution >= 4 is 28.8 Å². The first-order chi connectivity index (χ1) is 20.2. The molecule has 4 aromatic rings. The van der Waals surface area contributed by atoms with Crippen molar-refractivity contribution in [3.05, 3.63) is 83.4 Å². The summed E-state index contributed by atoms with van der Waals surface area (Å²) in [6, 6.07) is 14.8. The lowest BCUT2D eigenvalue weighted by Crippen LogP contribution is -2.44. The first-order valence-corrected chi connectivity index (χ1v) is 13.8. The number of hydrogen-bond acceptors (Lipinski definition) is 6. The largest absolute Gasteiger partial charge is 0.450 e. The lowest BCUT2D eigenvalue weighted by molar-refractivity contribution is 0.0714. The molecule has 42 heavy (non-hydrogen) atoms. The predicted octanol–water partition coefficient (Wildman–Crippen LogP) is 5.20. The number of halogens is 1. The number of benzene rings is 2. The van der Waals surface area contributed by atoms with Gasteiger partial charge in [-0.15, -0.1) is 0 Å². The number of nitrogens with zero attached hydrogens (tertiary/aromatic N) is 4. The van der Waals surface area contributed by atoms with Crippen LogP contribution in [0.15, 0.2) is 60.8 Å². The molecular formula is C32H32FN5O4. The van der Waals surface area contributed by atoms with E-state index >= 15 is 0 Å². The van der Waals surface area contributed by atoms with Crippen LogP contribution in [0.2, 0.25) is 0 Å². The van der Waals surface area contributed by atoms with Crippen molar-refractivity contribution in [1.82, 2.24) is 19.8 Å². The molecule has 0 unspecified atom stereocenters. The minimum Gasteiger partial charge on any atom is -0.450 e. The average Bonchev–Trinajstić information content (AvgIpc) is 3.43. The van der Waals surface area contributed by atoms with Crippen molar-refractivity contribution in [2.24, 2.45) is 5.73 Å². The summed E-state index contributed by atoms with van der Waals surface area (Å²) in [6.07, 6.45) is 2.76. The summed E-state index contributed by atoms with van der Waals surface area (Å²) in [5.74, 6) is -1.37. The number of carbonyl (C=O) groups is 3. The van der Waals surface area contributed by atoms with E-state index in [1.165, 1.54) is 18.2 Å². The van der Waals surface area contributed by atoms with E-state index in [1.54, 1.807) is 61.2 Å². The highest BCUT2D eigenvalue weighted by Gasteiger charge is 2.32. The number of rotatable bonds is 7. The Hall–Kier alpha value is -4.86. The Labute approximate surface area is 243 Å². The van der Waals surface area contributed by atoms with Gasteiger partial charge >= 0.3 is 6.09 Å². The Morgan fingerprint density at radius 3 is 2.67 bits per heavy atom. The third kappa shape index (κ3) is 5.79. The Morgan fingerprint density at radius 2 is 1.93 bits per heavy atom. The molecule has 0 spiro atoms. The van der Waals surface area contributed by atoms with E-state index in [9.17, 15) is 18.8 Å². The van der Waals surface area contributed by atoms with Crippen LogP contribution in [0.4, 0.5) is 9.18 Å². The molecule has 1 atom stereocenters. The third-order valence-corrected chi connectivity index (χ3v) is 7.44. The zero-order valence-corrected chi connectivity index (χ0v) is 23.8. The monoisotopic (exact) mass is 569 g/mol. The number of fused-ring (bicyclic) bond motifs is 1. The summed E-state index contributed by atoms with van der Waals surface area (Å²) in [5.41, 5.74) is 9.33. The minimum atomic E-state index is -0.649. The van der Waals surface area contributed by atoms with E-state index < -0.39 is 11.7 Å². The van der Waals surface area contributed by atoms with Crippen LogP contribution in [0, 0.1) is 12.7 Å². The summed E-state index contributed by atoms with van der Waals surface area (Å²) in [6.45, 7) is 4.68. The van der Waals surface area contributed by atoms with Crippen LogP contribution in [0.5, 0.6) is 0 Å². The van der Waals surface area contributed by atoms with Gasteiger partial charge in [0.2, 0.25) is 0 Å². The zero-order valence-electron chi connectivity index (χ0n) is 23.8. The standard InChI is InChI=1S/C32H32FN5O4/c1-4-42-32(41)38-12-6-7-23(38)18-37(3)31(40)29-24-16-20(26-8-5-9-28(36-26)30(34)39)10-11-27(24)35-17-25(29)21-13-19(2)14-22(33)15-21/h5,8-11,13-17,23H,4,6-7,12,18H2,1-3H3,(H2,34,39)/t23-/m0/s1.